The summed E-state index contributed by atoms with van der Waals surface area (Å²) in [6.45, 7) is 4.65. The molecule has 146 valence electrons. The molecule has 1 aromatic carbocycles. The van der Waals surface area contributed by atoms with E-state index >= 15 is 0 Å². The summed E-state index contributed by atoms with van der Waals surface area (Å²) in [6, 6.07) is 10.5. The van der Waals surface area contributed by atoms with Gasteiger partial charge in [0, 0.05) is 6.04 Å². The molecule has 0 aliphatic heterocycles. The smallest absolute Gasteiger partial charge is 0.228 e. The van der Waals surface area contributed by atoms with Crippen LogP contribution in [-0.4, -0.2) is 26.9 Å². The van der Waals surface area contributed by atoms with Gasteiger partial charge < -0.3 is 9.88 Å². The molecule has 1 aliphatic rings. The number of nitrogens with zero attached hydrogens (tertiary/aromatic N) is 3. The van der Waals surface area contributed by atoms with Gasteiger partial charge in [-0.3, -0.25) is 4.79 Å². The van der Waals surface area contributed by atoms with Crippen LogP contribution in [0.15, 0.2) is 35.5 Å². The van der Waals surface area contributed by atoms with E-state index in [4.69, 9.17) is 0 Å². The number of amides is 1. The van der Waals surface area contributed by atoms with Gasteiger partial charge in [-0.05, 0) is 44.4 Å². The standard InChI is InChI=1S/C21H30N4OS/c1-15(2)25-18(23-24-21(25)27-3)14-22-20(26)19(16-10-6-4-7-11-16)17-12-8-5-9-13-17/h4,6-7,10-11,15,17,19H,5,8-9,12-14H2,1-3H3,(H,22,26). The average Bonchev–Trinajstić information content (AvgIpc) is 3.11. The van der Waals surface area contributed by atoms with Gasteiger partial charge in [-0.15, -0.1) is 10.2 Å². The summed E-state index contributed by atoms with van der Waals surface area (Å²) in [5.74, 6) is 1.27. The Balaban J connectivity index is 1.76. The Morgan fingerprint density at radius 1 is 1.19 bits per heavy atom. The van der Waals surface area contributed by atoms with E-state index in [1.807, 2.05) is 24.5 Å². The summed E-state index contributed by atoms with van der Waals surface area (Å²) in [5, 5.41) is 12.6. The molecule has 5 nitrogen and oxygen atoms in total. The Bertz CT molecular complexity index is 738. The molecule has 2 aromatic rings. The molecule has 1 aromatic heterocycles. The molecule has 1 atom stereocenters. The van der Waals surface area contributed by atoms with Crippen molar-refractivity contribution in [3.63, 3.8) is 0 Å². The highest BCUT2D eigenvalue weighted by molar-refractivity contribution is 7.98. The van der Waals surface area contributed by atoms with E-state index in [1.54, 1.807) is 11.8 Å². The van der Waals surface area contributed by atoms with Gasteiger partial charge in [-0.1, -0.05) is 61.4 Å². The lowest BCUT2D eigenvalue weighted by Gasteiger charge is -2.30. The predicted octanol–water partition coefficient (Wildman–Crippen LogP) is 4.56. The first kappa shape index (κ1) is 19.9. The van der Waals surface area contributed by atoms with Crippen LogP contribution in [-0.2, 0) is 11.3 Å². The zero-order valence-corrected chi connectivity index (χ0v) is 17.3. The average molecular weight is 387 g/mol. The van der Waals surface area contributed by atoms with Crippen molar-refractivity contribution >= 4 is 17.7 Å². The van der Waals surface area contributed by atoms with Gasteiger partial charge in [0.2, 0.25) is 5.91 Å². The summed E-state index contributed by atoms with van der Waals surface area (Å²) in [7, 11) is 0. The van der Waals surface area contributed by atoms with Crippen molar-refractivity contribution in [1.29, 1.82) is 0 Å². The fraction of sp³-hybridized carbons (Fsp3) is 0.571. The summed E-state index contributed by atoms with van der Waals surface area (Å²) >= 11 is 1.58. The Hall–Kier alpha value is -1.82. The van der Waals surface area contributed by atoms with Crippen molar-refractivity contribution in [2.75, 3.05) is 6.26 Å². The second kappa shape index (κ2) is 9.40. The van der Waals surface area contributed by atoms with E-state index in [2.05, 4.69) is 46.1 Å². The first-order valence-electron chi connectivity index (χ1n) is 9.92. The van der Waals surface area contributed by atoms with Crippen LogP contribution in [0.2, 0.25) is 0 Å². The highest BCUT2D eigenvalue weighted by Crippen LogP contribution is 2.36. The minimum atomic E-state index is -0.0815. The maximum atomic E-state index is 13.2. The third kappa shape index (κ3) is 4.72. The topological polar surface area (TPSA) is 59.8 Å². The Labute approximate surface area is 166 Å². The number of hydrogen-bond donors (Lipinski definition) is 1. The van der Waals surface area contributed by atoms with Gasteiger partial charge >= 0.3 is 0 Å². The molecular formula is C21H30N4OS. The number of carbonyl (C=O) groups is 1. The van der Waals surface area contributed by atoms with Gasteiger partial charge in [0.25, 0.3) is 0 Å². The molecule has 1 N–H and O–H groups in total. The van der Waals surface area contributed by atoms with Crippen molar-refractivity contribution < 1.29 is 4.79 Å². The van der Waals surface area contributed by atoms with Crippen LogP contribution in [0.5, 0.6) is 0 Å². The van der Waals surface area contributed by atoms with E-state index in [0.717, 1.165) is 29.4 Å². The Morgan fingerprint density at radius 3 is 2.52 bits per heavy atom. The van der Waals surface area contributed by atoms with Crippen molar-refractivity contribution in [3.8, 4) is 0 Å². The molecule has 1 fully saturated rings. The van der Waals surface area contributed by atoms with Crippen LogP contribution >= 0.6 is 11.8 Å². The van der Waals surface area contributed by atoms with Crippen LogP contribution in [0, 0.1) is 5.92 Å². The first-order valence-corrected chi connectivity index (χ1v) is 11.1. The Kier molecular flexibility index (Phi) is 6.94. The van der Waals surface area contributed by atoms with E-state index in [0.29, 0.717) is 12.5 Å². The number of hydrogen-bond acceptors (Lipinski definition) is 4. The van der Waals surface area contributed by atoms with Gasteiger partial charge in [0.1, 0.15) is 0 Å². The van der Waals surface area contributed by atoms with Crippen LogP contribution in [0.3, 0.4) is 0 Å². The maximum Gasteiger partial charge on any atom is 0.228 e. The number of benzene rings is 1. The van der Waals surface area contributed by atoms with Gasteiger partial charge in [-0.2, -0.15) is 0 Å². The van der Waals surface area contributed by atoms with Gasteiger partial charge in [0.15, 0.2) is 11.0 Å². The zero-order valence-electron chi connectivity index (χ0n) is 16.5. The molecule has 0 bridgehead atoms. The second-order valence-electron chi connectivity index (χ2n) is 7.57. The fourth-order valence-corrected chi connectivity index (χ4v) is 4.76. The molecular weight excluding hydrogens is 356 g/mol. The monoisotopic (exact) mass is 386 g/mol. The molecule has 1 unspecified atom stereocenters. The van der Waals surface area contributed by atoms with E-state index < -0.39 is 0 Å². The molecule has 0 spiro atoms. The van der Waals surface area contributed by atoms with Gasteiger partial charge in [-0.25, -0.2) is 0 Å². The van der Waals surface area contributed by atoms with Crippen molar-refractivity contribution in [3.05, 3.63) is 41.7 Å². The third-order valence-electron chi connectivity index (χ3n) is 5.42. The van der Waals surface area contributed by atoms with Crippen LogP contribution < -0.4 is 5.32 Å². The molecule has 27 heavy (non-hydrogen) atoms. The molecule has 6 heteroatoms. The normalized spacial score (nSPS) is 16.4. The summed E-state index contributed by atoms with van der Waals surface area (Å²) in [4.78, 5) is 13.2. The molecule has 1 heterocycles. The van der Waals surface area contributed by atoms with E-state index in [-0.39, 0.29) is 17.9 Å². The number of carbonyl (C=O) groups excluding carboxylic acids is 1. The minimum absolute atomic E-state index is 0.0815. The quantitative estimate of drug-likeness (QED) is 0.709. The largest absolute Gasteiger partial charge is 0.348 e. The van der Waals surface area contributed by atoms with E-state index in [1.165, 1.54) is 19.3 Å². The lowest BCUT2D eigenvalue weighted by molar-refractivity contribution is -0.124. The van der Waals surface area contributed by atoms with E-state index in [9.17, 15) is 4.79 Å². The Morgan fingerprint density at radius 2 is 1.89 bits per heavy atom. The predicted molar refractivity (Wildman–Crippen MR) is 110 cm³/mol. The van der Waals surface area contributed by atoms with Crippen molar-refractivity contribution in [2.24, 2.45) is 5.92 Å². The van der Waals surface area contributed by atoms with Crippen LogP contribution in [0.4, 0.5) is 0 Å². The van der Waals surface area contributed by atoms with Gasteiger partial charge in [0.05, 0.1) is 12.5 Å². The number of thioether (sulfide) groups is 1. The first-order chi connectivity index (χ1) is 13.1. The minimum Gasteiger partial charge on any atom is -0.348 e. The number of aromatic nitrogens is 3. The lowest BCUT2D eigenvalue weighted by Crippen LogP contribution is -2.34. The maximum absolute atomic E-state index is 13.2. The van der Waals surface area contributed by atoms with Crippen LogP contribution in [0.1, 0.15) is 69.3 Å². The number of nitrogens with one attached hydrogen (secondary N) is 1. The SMILES string of the molecule is CSc1nnc(CNC(=O)C(c2ccccc2)C2CCCCC2)n1C(C)C. The molecule has 1 amide bonds. The number of rotatable bonds is 7. The third-order valence-corrected chi connectivity index (χ3v) is 6.06. The molecule has 0 radical (unpaired) electrons. The molecule has 1 saturated carbocycles. The van der Waals surface area contributed by atoms with Crippen molar-refractivity contribution in [1.82, 2.24) is 20.1 Å². The van der Waals surface area contributed by atoms with Crippen LogP contribution in [0.25, 0.3) is 0 Å². The fourth-order valence-electron chi connectivity index (χ4n) is 4.13. The summed E-state index contributed by atoms with van der Waals surface area (Å²) < 4.78 is 2.10. The summed E-state index contributed by atoms with van der Waals surface area (Å²) in [6.07, 6.45) is 7.99. The summed E-state index contributed by atoms with van der Waals surface area (Å²) in [5.41, 5.74) is 1.12. The second-order valence-corrected chi connectivity index (χ2v) is 8.34. The zero-order chi connectivity index (χ0) is 19.2. The highest BCUT2D eigenvalue weighted by Gasteiger charge is 2.31. The highest BCUT2D eigenvalue weighted by atomic mass is 32.2. The molecule has 0 saturated heterocycles. The molecule has 1 aliphatic carbocycles. The molecule has 3 rings (SSSR count). The van der Waals surface area contributed by atoms with Crippen molar-refractivity contribution in [2.45, 2.75) is 69.6 Å². The lowest BCUT2D eigenvalue weighted by atomic mass is 9.76.